The minimum absolute atomic E-state index is 0.146. The van der Waals surface area contributed by atoms with E-state index >= 15 is 0 Å². The normalized spacial score (nSPS) is 25.3. The number of hydrogen-bond donors (Lipinski definition) is 0. The van der Waals surface area contributed by atoms with E-state index < -0.39 is 24.5 Å². The van der Waals surface area contributed by atoms with Gasteiger partial charge in [0.1, 0.15) is 6.17 Å². The molecule has 0 spiro atoms. The lowest BCUT2D eigenvalue weighted by molar-refractivity contribution is 0.00578. The molecular formula is C17H22BClFNO3. The summed E-state index contributed by atoms with van der Waals surface area (Å²) in [6, 6.07) is 5.02. The summed E-state index contributed by atoms with van der Waals surface area (Å²) in [7, 11) is -0.636. The fourth-order valence-corrected chi connectivity index (χ4v) is 3.12. The molecule has 1 unspecified atom stereocenters. The van der Waals surface area contributed by atoms with E-state index in [1.807, 2.05) is 27.7 Å². The number of alkyl halides is 1. The number of halogens is 2. The number of hydrogen-bond acceptors (Lipinski definition) is 3. The van der Waals surface area contributed by atoms with Gasteiger partial charge >= 0.3 is 7.12 Å². The molecule has 0 N–H and O–H groups in total. The zero-order valence-electron chi connectivity index (χ0n) is 14.4. The van der Waals surface area contributed by atoms with E-state index in [1.165, 1.54) is 4.90 Å². The minimum atomic E-state index is -0.941. The van der Waals surface area contributed by atoms with Crippen LogP contribution < -0.4 is 5.46 Å². The number of amides is 1. The second-order valence-electron chi connectivity index (χ2n) is 7.46. The van der Waals surface area contributed by atoms with Crippen molar-refractivity contribution < 1.29 is 18.5 Å². The first kappa shape index (κ1) is 17.7. The van der Waals surface area contributed by atoms with Crippen LogP contribution in [0.1, 0.15) is 44.5 Å². The molecule has 0 bridgehead atoms. The zero-order valence-corrected chi connectivity index (χ0v) is 15.2. The number of carbonyl (C=O) groups excluding carboxylic acids is 1. The Hall–Kier alpha value is -1.11. The molecule has 1 aromatic carbocycles. The van der Waals surface area contributed by atoms with Crippen LogP contribution in [0.15, 0.2) is 18.2 Å². The van der Waals surface area contributed by atoms with Crippen LogP contribution in [-0.4, -0.2) is 48.4 Å². The fraction of sp³-hybridized carbons (Fsp3) is 0.588. The highest BCUT2D eigenvalue weighted by Crippen LogP contribution is 2.37. The largest absolute Gasteiger partial charge is 0.496 e. The van der Waals surface area contributed by atoms with Crippen LogP contribution >= 0.6 is 11.6 Å². The lowest BCUT2D eigenvalue weighted by atomic mass is 9.78. The number of nitrogens with zero attached hydrogens (tertiary/aromatic N) is 1. The van der Waals surface area contributed by atoms with E-state index in [1.54, 1.807) is 18.2 Å². The average molecular weight is 354 g/mol. The van der Waals surface area contributed by atoms with E-state index in [-0.39, 0.29) is 12.5 Å². The molecule has 130 valence electrons. The molecule has 7 heteroatoms. The fourth-order valence-electron chi connectivity index (χ4n) is 2.91. The number of benzene rings is 1. The lowest BCUT2D eigenvalue weighted by Gasteiger charge is -2.32. The van der Waals surface area contributed by atoms with Crippen molar-refractivity contribution in [2.75, 3.05) is 13.1 Å². The molecule has 0 aromatic heterocycles. The molecule has 0 aliphatic carbocycles. The Morgan fingerprint density at radius 1 is 1.29 bits per heavy atom. The molecular weight excluding hydrogens is 331 g/mol. The molecule has 2 aliphatic heterocycles. The summed E-state index contributed by atoms with van der Waals surface area (Å²) in [5.74, 6) is -0.190. The predicted molar refractivity (Wildman–Crippen MR) is 92.6 cm³/mol. The lowest BCUT2D eigenvalue weighted by Crippen LogP contribution is -2.41. The van der Waals surface area contributed by atoms with Gasteiger partial charge in [0.15, 0.2) is 0 Å². The van der Waals surface area contributed by atoms with Crippen molar-refractivity contribution in [2.24, 2.45) is 0 Å². The minimum Gasteiger partial charge on any atom is -0.399 e. The summed E-state index contributed by atoms with van der Waals surface area (Å²) in [6.07, 6.45) is -0.549. The molecule has 4 nitrogen and oxygen atoms in total. The van der Waals surface area contributed by atoms with Gasteiger partial charge < -0.3 is 14.2 Å². The summed E-state index contributed by atoms with van der Waals surface area (Å²) < 4.78 is 25.4. The molecule has 3 rings (SSSR count). The maximum absolute atomic E-state index is 13.4. The van der Waals surface area contributed by atoms with Gasteiger partial charge in [0.25, 0.3) is 5.91 Å². The Kier molecular flexibility index (Phi) is 4.43. The Labute approximate surface area is 147 Å². The van der Waals surface area contributed by atoms with E-state index in [0.717, 1.165) is 0 Å². The van der Waals surface area contributed by atoms with Crippen molar-refractivity contribution in [1.82, 2.24) is 4.90 Å². The van der Waals surface area contributed by atoms with E-state index in [9.17, 15) is 9.18 Å². The monoisotopic (exact) mass is 353 g/mol. The van der Waals surface area contributed by atoms with Crippen molar-refractivity contribution in [3.63, 3.8) is 0 Å². The molecule has 1 amide bonds. The van der Waals surface area contributed by atoms with Crippen molar-refractivity contribution in [2.45, 2.75) is 51.5 Å². The van der Waals surface area contributed by atoms with Gasteiger partial charge in [0.05, 0.1) is 17.7 Å². The standard InChI is InChI=1S/C17H22BClFNO3/c1-16(2)17(3,4)24-18(23-16)13-9-11(5-6-14(13)19)15(22)21-8-7-12(20)10-21/h5-6,9,12H,7-8,10H2,1-4H3. The molecule has 2 aliphatic rings. The summed E-state index contributed by atoms with van der Waals surface area (Å²) in [4.78, 5) is 14.1. The highest BCUT2D eigenvalue weighted by molar-refractivity contribution is 6.65. The van der Waals surface area contributed by atoms with Crippen LogP contribution in [0.5, 0.6) is 0 Å². The second kappa shape index (κ2) is 6.01. The van der Waals surface area contributed by atoms with Crippen LogP contribution in [0, 0.1) is 0 Å². The third kappa shape index (κ3) is 3.07. The van der Waals surface area contributed by atoms with Crippen LogP contribution in [0.2, 0.25) is 5.02 Å². The summed E-state index contributed by atoms with van der Waals surface area (Å²) in [6.45, 7) is 8.42. The number of rotatable bonds is 2. The number of carbonyl (C=O) groups is 1. The van der Waals surface area contributed by atoms with Gasteiger partial charge in [0, 0.05) is 22.6 Å². The summed E-state index contributed by atoms with van der Waals surface area (Å²) in [5, 5.41) is 0.481. The Balaban J connectivity index is 1.86. The second-order valence-corrected chi connectivity index (χ2v) is 7.87. The van der Waals surface area contributed by atoms with Crippen molar-refractivity contribution in [1.29, 1.82) is 0 Å². The number of likely N-dealkylation sites (tertiary alicyclic amines) is 1. The third-order valence-corrected chi connectivity index (χ3v) is 5.51. The van der Waals surface area contributed by atoms with Gasteiger partial charge in [-0.15, -0.1) is 0 Å². The molecule has 0 radical (unpaired) electrons. The van der Waals surface area contributed by atoms with Crippen LogP contribution in [-0.2, 0) is 9.31 Å². The Morgan fingerprint density at radius 2 is 1.92 bits per heavy atom. The van der Waals surface area contributed by atoms with Gasteiger partial charge in [-0.25, -0.2) is 4.39 Å². The van der Waals surface area contributed by atoms with E-state index in [4.69, 9.17) is 20.9 Å². The first-order valence-electron chi connectivity index (χ1n) is 8.19. The first-order valence-corrected chi connectivity index (χ1v) is 8.57. The maximum Gasteiger partial charge on any atom is 0.496 e. The maximum atomic E-state index is 13.4. The summed E-state index contributed by atoms with van der Waals surface area (Å²) in [5.41, 5.74) is 0.116. The molecule has 0 saturated carbocycles. The van der Waals surface area contributed by atoms with Gasteiger partial charge in [-0.1, -0.05) is 11.6 Å². The van der Waals surface area contributed by atoms with Crippen molar-refractivity contribution >= 4 is 30.1 Å². The predicted octanol–water partition coefficient (Wildman–Crippen LogP) is 2.82. The van der Waals surface area contributed by atoms with Crippen molar-refractivity contribution in [3.05, 3.63) is 28.8 Å². The smallest absolute Gasteiger partial charge is 0.399 e. The zero-order chi connectivity index (χ0) is 17.7. The first-order chi connectivity index (χ1) is 11.1. The van der Waals surface area contributed by atoms with Crippen molar-refractivity contribution in [3.8, 4) is 0 Å². The molecule has 2 saturated heterocycles. The van der Waals surface area contributed by atoms with E-state index in [0.29, 0.717) is 29.0 Å². The van der Waals surface area contributed by atoms with Gasteiger partial charge in [-0.3, -0.25) is 4.79 Å². The molecule has 2 heterocycles. The molecule has 1 atom stereocenters. The van der Waals surface area contributed by atoms with Crippen LogP contribution in [0.3, 0.4) is 0 Å². The molecule has 24 heavy (non-hydrogen) atoms. The molecule has 1 aromatic rings. The molecule has 2 fully saturated rings. The van der Waals surface area contributed by atoms with Gasteiger partial charge in [-0.2, -0.15) is 0 Å². The van der Waals surface area contributed by atoms with Gasteiger partial charge in [0.2, 0.25) is 0 Å². The quantitative estimate of drug-likeness (QED) is 0.768. The topological polar surface area (TPSA) is 38.8 Å². The highest BCUT2D eigenvalue weighted by atomic mass is 35.5. The Morgan fingerprint density at radius 3 is 2.46 bits per heavy atom. The average Bonchev–Trinajstić information content (AvgIpc) is 3.00. The van der Waals surface area contributed by atoms with Crippen LogP contribution in [0.4, 0.5) is 4.39 Å². The SMILES string of the molecule is CC1(C)OB(c2cc(C(=O)N3CCC(F)C3)ccc2Cl)OC1(C)C. The third-order valence-electron chi connectivity index (χ3n) is 5.17. The van der Waals surface area contributed by atoms with Gasteiger partial charge in [-0.05, 0) is 52.3 Å². The van der Waals surface area contributed by atoms with E-state index in [2.05, 4.69) is 0 Å². The van der Waals surface area contributed by atoms with Crippen LogP contribution in [0.25, 0.3) is 0 Å². The Bertz CT molecular complexity index is 651. The highest BCUT2D eigenvalue weighted by Gasteiger charge is 2.52. The summed E-state index contributed by atoms with van der Waals surface area (Å²) >= 11 is 6.31.